The monoisotopic (exact) mass is 191 g/mol. The zero-order valence-electron chi connectivity index (χ0n) is 4.79. The maximum absolute atomic E-state index is 9.91. The van der Waals surface area contributed by atoms with E-state index in [1.165, 1.54) is 0 Å². The summed E-state index contributed by atoms with van der Waals surface area (Å²) in [5.41, 5.74) is 0. The molecular weight excluding hydrogens is 185 g/mol. The van der Waals surface area contributed by atoms with E-state index in [0.717, 1.165) is 6.08 Å². The third-order valence-electron chi connectivity index (χ3n) is 0.533. The Morgan fingerprint density at radius 2 is 2.44 bits per heavy atom. The number of nitrogens with zero attached hydrogens (tertiary/aromatic N) is 1. The van der Waals surface area contributed by atoms with Crippen molar-refractivity contribution >= 4 is 20.9 Å². The van der Waals surface area contributed by atoms with Crippen LogP contribution in [0.4, 0.5) is 0 Å². The molecule has 0 fully saturated rings. The molecule has 0 spiro atoms. The molecule has 0 saturated carbocycles. The van der Waals surface area contributed by atoms with Gasteiger partial charge in [0.1, 0.15) is 0 Å². The quantitative estimate of drug-likeness (QED) is 0.498. The van der Waals surface area contributed by atoms with E-state index in [4.69, 9.17) is 10.4 Å². The van der Waals surface area contributed by atoms with E-state index in [-0.39, 0.29) is 15.0 Å². The number of carboxylic acids is 1. The SMILES string of the molecule is C/C(=C/C(=O)O)[Se]C#N. The van der Waals surface area contributed by atoms with Crippen molar-refractivity contribution in [2.75, 3.05) is 0 Å². The molecule has 0 aromatic carbocycles. The Hall–Kier alpha value is -0.781. The van der Waals surface area contributed by atoms with Crippen LogP contribution in [0.2, 0.25) is 0 Å². The standard InChI is InChI=1S/C5H5NO2Se/c1-4(9-3-6)2-5(7)8/h2H,1H3,(H,7,8)/b4-2-. The van der Waals surface area contributed by atoms with Gasteiger partial charge in [0.15, 0.2) is 0 Å². The molecule has 9 heavy (non-hydrogen) atoms. The summed E-state index contributed by atoms with van der Waals surface area (Å²) >= 11 is -0.307. The Balaban J connectivity index is 3.88. The van der Waals surface area contributed by atoms with Crippen LogP contribution in [0.1, 0.15) is 6.92 Å². The first-order chi connectivity index (χ1) is 4.16. The molecule has 48 valence electrons. The van der Waals surface area contributed by atoms with Gasteiger partial charge in [0.2, 0.25) is 0 Å². The predicted molar refractivity (Wildman–Crippen MR) is 32.8 cm³/mol. The molecule has 0 aromatic heterocycles. The summed E-state index contributed by atoms with van der Waals surface area (Å²) < 4.78 is 0.637. The summed E-state index contributed by atoms with van der Waals surface area (Å²) in [7, 11) is 0. The zero-order chi connectivity index (χ0) is 7.28. The summed E-state index contributed by atoms with van der Waals surface area (Å²) in [5.74, 6) is -0.982. The minimum atomic E-state index is -0.982. The van der Waals surface area contributed by atoms with Crippen LogP contribution in [0.15, 0.2) is 10.5 Å². The number of hydrogen-bond acceptors (Lipinski definition) is 2. The molecule has 4 heteroatoms. The van der Waals surface area contributed by atoms with E-state index >= 15 is 0 Å². The van der Waals surface area contributed by atoms with E-state index in [0.29, 0.717) is 4.47 Å². The summed E-state index contributed by atoms with van der Waals surface area (Å²) in [6, 6.07) is 0. The van der Waals surface area contributed by atoms with Crippen LogP contribution in [-0.4, -0.2) is 26.0 Å². The molecule has 0 aromatic rings. The second-order valence-electron chi connectivity index (χ2n) is 1.29. The number of hydrogen-bond donors (Lipinski definition) is 1. The zero-order valence-corrected chi connectivity index (χ0v) is 6.50. The topological polar surface area (TPSA) is 61.1 Å². The van der Waals surface area contributed by atoms with Crippen LogP contribution in [0.25, 0.3) is 0 Å². The van der Waals surface area contributed by atoms with Gasteiger partial charge in [-0.25, -0.2) is 0 Å². The first-order valence-corrected chi connectivity index (χ1v) is 3.85. The molecule has 0 aliphatic heterocycles. The maximum atomic E-state index is 9.91. The number of nitriles is 1. The Morgan fingerprint density at radius 1 is 1.89 bits per heavy atom. The molecule has 0 aliphatic rings. The molecule has 0 amide bonds. The Bertz CT molecular complexity index is 180. The van der Waals surface area contributed by atoms with Crippen molar-refractivity contribution in [2.24, 2.45) is 0 Å². The van der Waals surface area contributed by atoms with Gasteiger partial charge in [-0.2, -0.15) is 0 Å². The van der Waals surface area contributed by atoms with Crippen LogP contribution in [0.3, 0.4) is 0 Å². The van der Waals surface area contributed by atoms with E-state index in [1.54, 1.807) is 6.92 Å². The van der Waals surface area contributed by atoms with Crippen molar-refractivity contribution in [3.05, 3.63) is 10.5 Å². The fraction of sp³-hybridized carbons (Fsp3) is 0.200. The second-order valence-corrected chi connectivity index (χ2v) is 3.45. The summed E-state index contributed by atoms with van der Waals surface area (Å²) in [6.45, 7) is 1.64. The first kappa shape index (κ1) is 8.22. The number of allylic oxidation sites excluding steroid dienone is 1. The Labute approximate surface area is 59.1 Å². The first-order valence-electron chi connectivity index (χ1n) is 2.14. The Kier molecular flexibility index (Phi) is 3.78. The van der Waals surface area contributed by atoms with E-state index in [9.17, 15) is 4.79 Å². The van der Waals surface area contributed by atoms with Gasteiger partial charge in [-0.1, -0.05) is 0 Å². The molecule has 3 nitrogen and oxygen atoms in total. The van der Waals surface area contributed by atoms with Crippen molar-refractivity contribution in [2.45, 2.75) is 6.92 Å². The fourth-order valence-corrected chi connectivity index (χ4v) is 0.913. The molecule has 0 saturated heterocycles. The second kappa shape index (κ2) is 4.13. The molecule has 0 unspecified atom stereocenters. The normalized spacial score (nSPS) is 10.4. The molecule has 0 radical (unpaired) electrons. The number of carboxylic acid groups (broad SMARTS) is 1. The molecule has 0 heterocycles. The molecule has 0 bridgehead atoms. The van der Waals surface area contributed by atoms with Crippen LogP contribution in [-0.2, 0) is 4.79 Å². The molecular formula is C5H5NO2Se. The summed E-state index contributed by atoms with van der Waals surface area (Å²) in [6.07, 6.45) is 1.06. The number of rotatable bonds is 2. The van der Waals surface area contributed by atoms with Crippen LogP contribution < -0.4 is 0 Å². The van der Waals surface area contributed by atoms with Crippen LogP contribution in [0.5, 0.6) is 0 Å². The molecule has 1 N–H and O–H groups in total. The van der Waals surface area contributed by atoms with Gasteiger partial charge in [0, 0.05) is 0 Å². The van der Waals surface area contributed by atoms with E-state index in [2.05, 4.69) is 0 Å². The van der Waals surface area contributed by atoms with Gasteiger partial charge in [0.25, 0.3) is 0 Å². The van der Waals surface area contributed by atoms with Crippen LogP contribution >= 0.6 is 0 Å². The number of carbonyl (C=O) groups is 1. The van der Waals surface area contributed by atoms with Crippen molar-refractivity contribution in [3.8, 4) is 4.97 Å². The van der Waals surface area contributed by atoms with Gasteiger partial charge >= 0.3 is 58.5 Å². The third kappa shape index (κ3) is 5.08. The third-order valence-corrected chi connectivity index (χ3v) is 1.65. The summed E-state index contributed by atoms with van der Waals surface area (Å²) in [4.78, 5) is 11.8. The van der Waals surface area contributed by atoms with Gasteiger partial charge in [-0.15, -0.1) is 0 Å². The van der Waals surface area contributed by atoms with Gasteiger partial charge < -0.3 is 0 Å². The van der Waals surface area contributed by atoms with Crippen molar-refractivity contribution < 1.29 is 9.90 Å². The summed E-state index contributed by atoms with van der Waals surface area (Å²) in [5, 5.41) is 16.2. The van der Waals surface area contributed by atoms with E-state index in [1.807, 2.05) is 4.97 Å². The van der Waals surface area contributed by atoms with Gasteiger partial charge in [-0.05, 0) is 0 Å². The van der Waals surface area contributed by atoms with Gasteiger partial charge in [0.05, 0.1) is 0 Å². The average Bonchev–Trinajstić information content (AvgIpc) is 1.63. The predicted octanol–water partition coefficient (Wildman–Crippen LogP) is 0.160. The number of aliphatic carboxylic acids is 1. The van der Waals surface area contributed by atoms with Crippen LogP contribution in [0, 0.1) is 10.2 Å². The molecule has 0 atom stereocenters. The molecule has 0 rings (SSSR count). The van der Waals surface area contributed by atoms with Crippen molar-refractivity contribution in [3.63, 3.8) is 0 Å². The molecule has 0 aliphatic carbocycles. The van der Waals surface area contributed by atoms with Gasteiger partial charge in [-0.3, -0.25) is 0 Å². The fourth-order valence-electron chi connectivity index (χ4n) is 0.275. The van der Waals surface area contributed by atoms with Crippen molar-refractivity contribution in [1.29, 1.82) is 5.26 Å². The average molecular weight is 190 g/mol. The van der Waals surface area contributed by atoms with Crippen molar-refractivity contribution in [1.82, 2.24) is 0 Å². The Morgan fingerprint density at radius 3 is 2.78 bits per heavy atom. The van der Waals surface area contributed by atoms with E-state index < -0.39 is 5.97 Å². The minimum absolute atomic E-state index is 0.307.